The van der Waals surface area contributed by atoms with Crippen molar-refractivity contribution in [3.05, 3.63) is 91.9 Å². The van der Waals surface area contributed by atoms with Crippen molar-refractivity contribution in [3.63, 3.8) is 0 Å². The third-order valence-electron chi connectivity index (χ3n) is 9.07. The minimum absolute atomic E-state index is 0.0702. The van der Waals surface area contributed by atoms with Gasteiger partial charge >= 0.3 is 0 Å². The zero-order chi connectivity index (χ0) is 28.2. The molecular weight excluding hydrogens is 492 g/mol. The molecule has 204 valence electrons. The minimum Gasteiger partial charge on any atom is -0.511 e. The summed E-state index contributed by atoms with van der Waals surface area (Å²) >= 11 is 0. The molecule has 0 saturated heterocycles. The molecule has 0 unspecified atom stereocenters. The standard InChI is InChI=1S/C33H36O6/c1-5-21-13-22(8-6-7-20-11-9-17(2)10-12-20)18(3)27-25(21)15-23-14-24-16-26(35)28(19(4)34)31(37)33(24,39)32(38)29(23)30(27)36/h9-13,23-24,35,38-39H,5-8,14-16H2,1-4H3/t23-,24+,33-/m1/s1. The predicted molar refractivity (Wildman–Crippen MR) is 148 cm³/mol. The molecule has 6 nitrogen and oxygen atoms in total. The maximum Gasteiger partial charge on any atom is 0.209 e. The topological polar surface area (TPSA) is 112 Å². The van der Waals surface area contributed by atoms with Gasteiger partial charge in [0.15, 0.2) is 17.2 Å². The largest absolute Gasteiger partial charge is 0.511 e. The lowest BCUT2D eigenvalue weighted by atomic mass is 9.59. The maximum atomic E-state index is 14.1. The Kier molecular flexibility index (Phi) is 6.88. The number of benzene rings is 2. The number of aliphatic hydroxyl groups excluding tert-OH is 2. The summed E-state index contributed by atoms with van der Waals surface area (Å²) in [5.74, 6) is -4.27. The first kappa shape index (κ1) is 27.1. The van der Waals surface area contributed by atoms with Crippen LogP contribution in [0.4, 0.5) is 0 Å². The summed E-state index contributed by atoms with van der Waals surface area (Å²) in [4.78, 5) is 39.4. The first-order valence-electron chi connectivity index (χ1n) is 13.9. The van der Waals surface area contributed by atoms with Crippen molar-refractivity contribution in [2.24, 2.45) is 11.8 Å². The van der Waals surface area contributed by atoms with Crippen molar-refractivity contribution in [2.45, 2.75) is 78.2 Å². The van der Waals surface area contributed by atoms with Crippen LogP contribution in [-0.4, -0.2) is 38.3 Å². The van der Waals surface area contributed by atoms with Crippen LogP contribution in [0.15, 0.2) is 53.0 Å². The molecular formula is C33H36O6. The van der Waals surface area contributed by atoms with E-state index in [1.54, 1.807) is 0 Å². The Hall–Kier alpha value is -3.51. The molecule has 0 spiro atoms. The zero-order valence-corrected chi connectivity index (χ0v) is 23.1. The summed E-state index contributed by atoms with van der Waals surface area (Å²) in [7, 11) is 0. The number of carbonyl (C=O) groups is 3. The molecule has 6 heteroatoms. The summed E-state index contributed by atoms with van der Waals surface area (Å²) in [6, 6.07) is 10.7. The summed E-state index contributed by atoms with van der Waals surface area (Å²) < 4.78 is 0. The Bertz CT molecular complexity index is 1460. The van der Waals surface area contributed by atoms with Crippen molar-refractivity contribution >= 4 is 17.3 Å². The van der Waals surface area contributed by atoms with E-state index in [0.29, 0.717) is 12.0 Å². The van der Waals surface area contributed by atoms with Crippen LogP contribution in [0.5, 0.6) is 0 Å². The van der Waals surface area contributed by atoms with Crippen molar-refractivity contribution in [1.82, 2.24) is 0 Å². The lowest BCUT2D eigenvalue weighted by Gasteiger charge is -2.46. The van der Waals surface area contributed by atoms with Gasteiger partial charge in [0.1, 0.15) is 17.1 Å². The molecule has 0 aliphatic heterocycles. The van der Waals surface area contributed by atoms with E-state index in [9.17, 15) is 29.7 Å². The summed E-state index contributed by atoms with van der Waals surface area (Å²) in [6.45, 7) is 7.22. The molecule has 0 radical (unpaired) electrons. The number of hydrogen-bond acceptors (Lipinski definition) is 6. The van der Waals surface area contributed by atoms with Gasteiger partial charge in [0.25, 0.3) is 0 Å². The number of aryl methyl sites for hydroxylation is 4. The lowest BCUT2D eigenvalue weighted by Crippen LogP contribution is -2.56. The third kappa shape index (κ3) is 4.26. The normalized spacial score (nSPS) is 24.4. The van der Waals surface area contributed by atoms with E-state index in [2.05, 4.69) is 44.2 Å². The van der Waals surface area contributed by atoms with Crippen LogP contribution in [0.25, 0.3) is 0 Å². The van der Waals surface area contributed by atoms with Crippen molar-refractivity contribution in [2.75, 3.05) is 0 Å². The van der Waals surface area contributed by atoms with E-state index >= 15 is 0 Å². The van der Waals surface area contributed by atoms with Crippen LogP contribution in [-0.2, 0) is 35.3 Å². The minimum atomic E-state index is -2.39. The van der Waals surface area contributed by atoms with Gasteiger partial charge in [-0.3, -0.25) is 14.4 Å². The van der Waals surface area contributed by atoms with Gasteiger partial charge in [-0.1, -0.05) is 42.8 Å². The average molecular weight is 529 g/mol. The second-order valence-electron chi connectivity index (χ2n) is 11.5. The number of Topliss-reactive ketones (excluding diaryl/α,β-unsaturated/α-hetero) is 3. The highest BCUT2D eigenvalue weighted by Crippen LogP contribution is 2.51. The van der Waals surface area contributed by atoms with Crippen LogP contribution in [0.1, 0.15) is 76.8 Å². The fraction of sp³-hybridized carbons (Fsp3) is 0.424. The summed E-state index contributed by atoms with van der Waals surface area (Å²) in [5.41, 5.74) is 4.30. The number of allylic oxidation sites excluding steroid dienone is 2. The number of fused-ring (bicyclic) bond motifs is 3. The second-order valence-corrected chi connectivity index (χ2v) is 11.5. The van der Waals surface area contributed by atoms with E-state index in [4.69, 9.17) is 0 Å². The van der Waals surface area contributed by atoms with Crippen LogP contribution >= 0.6 is 0 Å². The van der Waals surface area contributed by atoms with E-state index in [0.717, 1.165) is 54.9 Å². The molecule has 3 aliphatic carbocycles. The molecule has 3 atom stereocenters. The predicted octanol–water partition coefficient (Wildman–Crippen LogP) is 5.33. The Morgan fingerprint density at radius 1 is 1.03 bits per heavy atom. The van der Waals surface area contributed by atoms with E-state index < -0.39 is 34.4 Å². The van der Waals surface area contributed by atoms with Gasteiger partial charge in [0.2, 0.25) is 5.78 Å². The Morgan fingerprint density at radius 2 is 1.72 bits per heavy atom. The van der Waals surface area contributed by atoms with Gasteiger partial charge in [0, 0.05) is 23.5 Å². The number of ketones is 3. The van der Waals surface area contributed by atoms with Crippen molar-refractivity contribution in [3.8, 4) is 0 Å². The number of hydrogen-bond donors (Lipinski definition) is 3. The average Bonchev–Trinajstić information content (AvgIpc) is 2.88. The number of rotatable bonds is 6. The quantitative estimate of drug-likeness (QED) is 0.437. The lowest BCUT2D eigenvalue weighted by molar-refractivity contribution is -0.144. The fourth-order valence-corrected chi connectivity index (χ4v) is 6.93. The third-order valence-corrected chi connectivity index (χ3v) is 9.07. The summed E-state index contributed by atoms with van der Waals surface area (Å²) in [5, 5.41) is 33.3. The Balaban J connectivity index is 1.52. The zero-order valence-electron chi connectivity index (χ0n) is 23.1. The van der Waals surface area contributed by atoms with Gasteiger partial charge < -0.3 is 15.3 Å². The number of aliphatic hydroxyl groups is 3. The molecule has 2 aromatic carbocycles. The first-order chi connectivity index (χ1) is 18.5. The molecule has 0 aromatic heterocycles. The van der Waals surface area contributed by atoms with Crippen LogP contribution in [0, 0.1) is 25.7 Å². The maximum absolute atomic E-state index is 14.1. The van der Waals surface area contributed by atoms with Gasteiger partial charge in [-0.15, -0.1) is 0 Å². The number of carbonyl (C=O) groups excluding carboxylic acids is 3. The van der Waals surface area contributed by atoms with Gasteiger partial charge in [-0.25, -0.2) is 0 Å². The highest BCUT2D eigenvalue weighted by Gasteiger charge is 2.59. The van der Waals surface area contributed by atoms with E-state index in [-0.39, 0.29) is 35.9 Å². The monoisotopic (exact) mass is 528 g/mol. The van der Waals surface area contributed by atoms with E-state index in [1.165, 1.54) is 11.1 Å². The molecule has 3 aliphatic rings. The molecule has 39 heavy (non-hydrogen) atoms. The highest BCUT2D eigenvalue weighted by atomic mass is 16.3. The van der Waals surface area contributed by atoms with Crippen molar-refractivity contribution < 1.29 is 29.7 Å². The van der Waals surface area contributed by atoms with Crippen LogP contribution in [0.2, 0.25) is 0 Å². The highest BCUT2D eigenvalue weighted by molar-refractivity contribution is 6.25. The SMILES string of the molecule is CCc1cc(CCCc2ccc(C)cc2)c(C)c2c1C[C@H]1C[C@H]3CC(O)=C(C(C)=O)C(=O)[C@@]3(O)C(O)=C1C2=O. The Labute approximate surface area is 229 Å². The van der Waals surface area contributed by atoms with Crippen LogP contribution < -0.4 is 0 Å². The van der Waals surface area contributed by atoms with Crippen LogP contribution in [0.3, 0.4) is 0 Å². The van der Waals surface area contributed by atoms with Gasteiger partial charge in [0.05, 0.1) is 0 Å². The molecule has 0 bridgehead atoms. The molecule has 2 aromatic rings. The molecule has 0 fully saturated rings. The van der Waals surface area contributed by atoms with Gasteiger partial charge in [-0.05, 0) is 93.0 Å². The van der Waals surface area contributed by atoms with Crippen molar-refractivity contribution in [1.29, 1.82) is 0 Å². The molecule has 5 rings (SSSR count). The first-order valence-corrected chi connectivity index (χ1v) is 13.9. The molecule has 3 N–H and O–H groups in total. The fourth-order valence-electron chi connectivity index (χ4n) is 6.93. The summed E-state index contributed by atoms with van der Waals surface area (Å²) in [6.07, 6.45) is 4.08. The van der Waals surface area contributed by atoms with Gasteiger partial charge in [-0.2, -0.15) is 0 Å². The molecule has 0 saturated carbocycles. The molecule has 0 amide bonds. The van der Waals surface area contributed by atoms with E-state index in [1.807, 2.05) is 6.92 Å². The molecule has 0 heterocycles. The second kappa shape index (κ2) is 9.91. The smallest absolute Gasteiger partial charge is 0.209 e. The Morgan fingerprint density at radius 3 is 2.36 bits per heavy atom.